The summed E-state index contributed by atoms with van der Waals surface area (Å²) in [5, 5.41) is 0.811. The van der Waals surface area contributed by atoms with Gasteiger partial charge in [-0.3, -0.25) is 4.79 Å². The maximum Gasteiger partial charge on any atom is 0.223 e. The largest absolute Gasteiger partial charge is 0.337 e. The number of nitrogens with zero attached hydrogens (tertiary/aromatic N) is 3. The Kier molecular flexibility index (Phi) is 7.08. The molecule has 0 radical (unpaired) electrons. The van der Waals surface area contributed by atoms with Crippen molar-refractivity contribution in [3.8, 4) is 0 Å². The lowest BCUT2D eigenvalue weighted by Gasteiger charge is -2.37. The molecule has 5 heteroatoms. The Labute approximate surface area is 150 Å². The molecule has 2 rings (SSSR count). The van der Waals surface area contributed by atoms with E-state index in [0.29, 0.717) is 12.5 Å². The fraction of sp³-hybridized carbons (Fsp3) is 0.737. The van der Waals surface area contributed by atoms with Gasteiger partial charge in [0.25, 0.3) is 0 Å². The molecular weight excluding hydrogens is 318 g/mol. The van der Waals surface area contributed by atoms with Crippen molar-refractivity contribution in [3.63, 3.8) is 0 Å². The van der Waals surface area contributed by atoms with Gasteiger partial charge in [-0.25, -0.2) is 9.97 Å². The molecule has 1 saturated carbocycles. The van der Waals surface area contributed by atoms with Crippen LogP contribution in [0, 0.1) is 13.8 Å². The second kappa shape index (κ2) is 8.84. The zero-order chi connectivity index (χ0) is 17.7. The summed E-state index contributed by atoms with van der Waals surface area (Å²) in [6.07, 6.45) is 9.42. The van der Waals surface area contributed by atoms with E-state index in [1.807, 2.05) is 20.1 Å². The predicted octanol–water partition coefficient (Wildman–Crippen LogP) is 4.32. The van der Waals surface area contributed by atoms with E-state index in [-0.39, 0.29) is 11.9 Å². The Balaban J connectivity index is 2.05. The normalized spacial score (nSPS) is 15.8. The number of thioether (sulfide) groups is 1. The molecule has 0 atom stereocenters. The van der Waals surface area contributed by atoms with E-state index in [2.05, 4.69) is 28.7 Å². The molecule has 4 nitrogen and oxygen atoms in total. The molecule has 0 unspecified atom stereocenters. The number of aromatic nitrogens is 2. The molecule has 24 heavy (non-hydrogen) atoms. The third kappa shape index (κ3) is 4.71. The van der Waals surface area contributed by atoms with Crippen LogP contribution in [-0.2, 0) is 11.2 Å². The minimum absolute atomic E-state index is 0.276. The zero-order valence-electron chi connectivity index (χ0n) is 15.8. The average Bonchev–Trinajstić information content (AvgIpc) is 2.54. The molecule has 1 fully saturated rings. The topological polar surface area (TPSA) is 46.1 Å². The number of carbonyl (C=O) groups is 1. The van der Waals surface area contributed by atoms with Gasteiger partial charge >= 0.3 is 0 Å². The minimum Gasteiger partial charge on any atom is -0.337 e. The highest BCUT2D eigenvalue weighted by Gasteiger charge is 2.27. The van der Waals surface area contributed by atoms with Crippen LogP contribution in [0.5, 0.6) is 0 Å². The summed E-state index contributed by atoms with van der Waals surface area (Å²) < 4.78 is 0. The number of rotatable bonds is 6. The SMILES string of the molecule is CSc1nc(C)c(CCC(=O)N(C(C)C)C2CCCCC2)c(C)n1. The fourth-order valence-corrected chi connectivity index (χ4v) is 4.25. The molecular formula is C19H31N3OS. The van der Waals surface area contributed by atoms with Crippen molar-refractivity contribution in [3.05, 3.63) is 17.0 Å². The average molecular weight is 350 g/mol. The summed E-state index contributed by atoms with van der Waals surface area (Å²) in [5.74, 6) is 0.282. The van der Waals surface area contributed by atoms with Crippen molar-refractivity contribution in [1.82, 2.24) is 14.9 Å². The van der Waals surface area contributed by atoms with Crippen LogP contribution >= 0.6 is 11.8 Å². The van der Waals surface area contributed by atoms with Gasteiger partial charge in [0.15, 0.2) is 5.16 Å². The van der Waals surface area contributed by atoms with Gasteiger partial charge in [-0.05, 0) is 58.8 Å². The molecule has 1 aromatic heterocycles. The van der Waals surface area contributed by atoms with Crippen LogP contribution in [-0.4, -0.2) is 39.1 Å². The zero-order valence-corrected chi connectivity index (χ0v) is 16.6. The first-order valence-electron chi connectivity index (χ1n) is 9.13. The molecule has 1 aromatic rings. The first-order chi connectivity index (χ1) is 11.4. The van der Waals surface area contributed by atoms with Crippen LogP contribution in [0.25, 0.3) is 0 Å². The van der Waals surface area contributed by atoms with E-state index in [1.165, 1.54) is 19.3 Å². The molecule has 0 aliphatic heterocycles. The summed E-state index contributed by atoms with van der Waals surface area (Å²) in [6, 6.07) is 0.710. The van der Waals surface area contributed by atoms with Gasteiger partial charge < -0.3 is 4.90 Å². The molecule has 1 aliphatic rings. The van der Waals surface area contributed by atoms with Crippen LogP contribution in [0.3, 0.4) is 0 Å². The Morgan fingerprint density at radius 3 is 2.25 bits per heavy atom. The molecule has 0 N–H and O–H groups in total. The summed E-state index contributed by atoms with van der Waals surface area (Å²) in [5.41, 5.74) is 3.15. The van der Waals surface area contributed by atoms with E-state index in [0.717, 1.165) is 41.4 Å². The van der Waals surface area contributed by atoms with Gasteiger partial charge in [-0.2, -0.15) is 0 Å². The highest BCUT2D eigenvalue weighted by molar-refractivity contribution is 7.98. The summed E-state index contributed by atoms with van der Waals surface area (Å²) in [6.45, 7) is 8.32. The third-order valence-corrected chi connectivity index (χ3v) is 5.53. The number of aryl methyl sites for hydroxylation is 2. The van der Waals surface area contributed by atoms with Gasteiger partial charge in [0, 0.05) is 29.9 Å². The molecule has 1 heterocycles. The van der Waals surface area contributed by atoms with Gasteiger partial charge in [0.1, 0.15) is 0 Å². The molecule has 0 bridgehead atoms. The van der Waals surface area contributed by atoms with E-state index in [1.54, 1.807) is 11.8 Å². The van der Waals surface area contributed by atoms with Crippen LogP contribution < -0.4 is 0 Å². The van der Waals surface area contributed by atoms with E-state index in [4.69, 9.17) is 0 Å². The van der Waals surface area contributed by atoms with Gasteiger partial charge in [0.2, 0.25) is 5.91 Å². The Morgan fingerprint density at radius 1 is 1.17 bits per heavy atom. The monoisotopic (exact) mass is 349 g/mol. The molecule has 1 aliphatic carbocycles. The molecule has 0 spiro atoms. The molecule has 0 saturated heterocycles. The molecule has 0 aromatic carbocycles. The van der Waals surface area contributed by atoms with Crippen LogP contribution in [0.2, 0.25) is 0 Å². The number of hydrogen-bond acceptors (Lipinski definition) is 4. The van der Waals surface area contributed by atoms with Gasteiger partial charge in [-0.15, -0.1) is 0 Å². The van der Waals surface area contributed by atoms with Crippen molar-refractivity contribution in [2.24, 2.45) is 0 Å². The molecule has 1 amide bonds. The number of hydrogen-bond donors (Lipinski definition) is 0. The summed E-state index contributed by atoms with van der Waals surface area (Å²) in [4.78, 5) is 24.1. The van der Waals surface area contributed by atoms with E-state index in [9.17, 15) is 4.79 Å². The van der Waals surface area contributed by atoms with E-state index < -0.39 is 0 Å². The first-order valence-corrected chi connectivity index (χ1v) is 10.4. The maximum absolute atomic E-state index is 12.9. The van der Waals surface area contributed by atoms with Crippen molar-refractivity contribution >= 4 is 17.7 Å². The lowest BCUT2D eigenvalue weighted by Crippen LogP contribution is -2.45. The van der Waals surface area contributed by atoms with Crippen molar-refractivity contribution in [2.75, 3.05) is 6.26 Å². The van der Waals surface area contributed by atoms with Crippen LogP contribution in [0.15, 0.2) is 5.16 Å². The number of amides is 1. The fourth-order valence-electron chi connectivity index (χ4n) is 3.80. The summed E-state index contributed by atoms with van der Waals surface area (Å²) in [7, 11) is 0. The van der Waals surface area contributed by atoms with Crippen molar-refractivity contribution in [2.45, 2.75) is 89.9 Å². The number of carbonyl (C=O) groups excluding carboxylic acids is 1. The maximum atomic E-state index is 12.9. The lowest BCUT2D eigenvalue weighted by molar-refractivity contribution is -0.136. The minimum atomic E-state index is 0.276. The Morgan fingerprint density at radius 2 is 1.75 bits per heavy atom. The third-order valence-electron chi connectivity index (χ3n) is 4.98. The Hall–Kier alpha value is -1.10. The molecule has 134 valence electrons. The highest BCUT2D eigenvalue weighted by Crippen LogP contribution is 2.25. The van der Waals surface area contributed by atoms with Crippen LogP contribution in [0.1, 0.15) is 69.3 Å². The second-order valence-corrected chi connectivity index (χ2v) is 7.82. The highest BCUT2D eigenvalue weighted by atomic mass is 32.2. The standard InChI is InChI=1S/C19H31N3OS/c1-13(2)22(16-9-7-6-8-10-16)18(23)12-11-17-14(3)20-19(24-5)21-15(17)4/h13,16H,6-12H2,1-5H3. The van der Waals surface area contributed by atoms with Gasteiger partial charge in [0.05, 0.1) is 0 Å². The smallest absolute Gasteiger partial charge is 0.223 e. The quantitative estimate of drug-likeness (QED) is 0.567. The first kappa shape index (κ1) is 19.2. The second-order valence-electron chi connectivity index (χ2n) is 7.05. The predicted molar refractivity (Wildman–Crippen MR) is 100 cm³/mol. The van der Waals surface area contributed by atoms with Crippen LogP contribution in [0.4, 0.5) is 0 Å². The summed E-state index contributed by atoms with van der Waals surface area (Å²) >= 11 is 1.56. The lowest BCUT2D eigenvalue weighted by atomic mass is 9.93. The van der Waals surface area contributed by atoms with Crippen molar-refractivity contribution in [1.29, 1.82) is 0 Å². The van der Waals surface area contributed by atoms with E-state index >= 15 is 0 Å². The Bertz CT molecular complexity index is 545. The van der Waals surface area contributed by atoms with Crippen molar-refractivity contribution < 1.29 is 4.79 Å². The van der Waals surface area contributed by atoms with Gasteiger partial charge in [-0.1, -0.05) is 31.0 Å².